The van der Waals surface area contributed by atoms with E-state index < -0.39 is 0 Å². The minimum Gasteiger partial charge on any atom is -0.370 e. The zero-order chi connectivity index (χ0) is 11.2. The van der Waals surface area contributed by atoms with E-state index in [0.717, 1.165) is 5.56 Å². The van der Waals surface area contributed by atoms with Crippen LogP contribution in [0.1, 0.15) is 11.9 Å². The van der Waals surface area contributed by atoms with Crippen LogP contribution < -0.4 is 0 Å². The Hall–Kier alpha value is -0.940. The summed E-state index contributed by atoms with van der Waals surface area (Å²) in [5.74, 6) is 0. The highest BCUT2D eigenvalue weighted by molar-refractivity contribution is 5.17. The lowest BCUT2D eigenvalue weighted by Crippen LogP contribution is -2.49. The van der Waals surface area contributed by atoms with Crippen LogP contribution in [0.15, 0.2) is 30.3 Å². The molecule has 0 radical (unpaired) electrons. The summed E-state index contributed by atoms with van der Waals surface area (Å²) in [5.41, 5.74) is 1.05. The second-order valence-electron chi connectivity index (χ2n) is 4.69. The van der Waals surface area contributed by atoms with Crippen LogP contribution in [-0.2, 0) is 18.9 Å². The Morgan fingerprint density at radius 2 is 1.59 bits per heavy atom. The first kappa shape index (κ1) is 10.0. The standard InChI is InChI=1S/C13H14O4/c1-2-4-8(5-3-1)13-15-6-9-11(17-13)12-10(16-12)7-14-9/h1-5,9-13H,6-7H2/t9?,10-,11?,12-,13?/m0/s1. The van der Waals surface area contributed by atoms with Crippen LogP contribution in [0, 0.1) is 0 Å². The molecule has 3 fully saturated rings. The molecule has 5 atom stereocenters. The average Bonchev–Trinajstić information content (AvgIpc) is 3.19. The van der Waals surface area contributed by atoms with E-state index in [9.17, 15) is 0 Å². The van der Waals surface area contributed by atoms with E-state index >= 15 is 0 Å². The number of epoxide rings is 1. The van der Waals surface area contributed by atoms with Gasteiger partial charge in [0.15, 0.2) is 6.29 Å². The normalized spacial score (nSPS) is 43.6. The molecule has 0 N–H and O–H groups in total. The molecule has 0 amide bonds. The van der Waals surface area contributed by atoms with Gasteiger partial charge in [0, 0.05) is 5.56 Å². The number of ether oxygens (including phenoxy) is 4. The lowest BCUT2D eigenvalue weighted by atomic mass is 10.0. The maximum Gasteiger partial charge on any atom is 0.184 e. The van der Waals surface area contributed by atoms with Crippen LogP contribution in [0.5, 0.6) is 0 Å². The van der Waals surface area contributed by atoms with Gasteiger partial charge in [0.2, 0.25) is 0 Å². The van der Waals surface area contributed by atoms with Crippen molar-refractivity contribution in [1.82, 2.24) is 0 Å². The number of benzene rings is 1. The van der Waals surface area contributed by atoms with E-state index in [1.165, 1.54) is 0 Å². The van der Waals surface area contributed by atoms with Crippen molar-refractivity contribution in [2.24, 2.45) is 0 Å². The molecule has 90 valence electrons. The van der Waals surface area contributed by atoms with Gasteiger partial charge in [0.1, 0.15) is 24.4 Å². The van der Waals surface area contributed by atoms with Gasteiger partial charge >= 0.3 is 0 Å². The number of hydrogen-bond acceptors (Lipinski definition) is 4. The lowest BCUT2D eigenvalue weighted by molar-refractivity contribution is -0.273. The van der Waals surface area contributed by atoms with Crippen LogP contribution in [0.25, 0.3) is 0 Å². The summed E-state index contributed by atoms with van der Waals surface area (Å²) in [6.07, 6.45) is 0.213. The first-order valence-corrected chi connectivity index (χ1v) is 6.01. The average molecular weight is 234 g/mol. The van der Waals surface area contributed by atoms with E-state index in [2.05, 4.69) is 0 Å². The Bertz CT molecular complexity index is 407. The molecule has 1 aromatic rings. The van der Waals surface area contributed by atoms with E-state index in [4.69, 9.17) is 18.9 Å². The van der Waals surface area contributed by atoms with Crippen LogP contribution >= 0.6 is 0 Å². The fourth-order valence-electron chi connectivity index (χ4n) is 2.56. The SMILES string of the molecule is c1ccc(C2OCC3OC[C@@H]4O[C@@H]4C3O2)cc1. The van der Waals surface area contributed by atoms with E-state index in [1.54, 1.807) is 0 Å². The van der Waals surface area contributed by atoms with E-state index in [0.29, 0.717) is 13.2 Å². The molecule has 4 heteroatoms. The van der Waals surface area contributed by atoms with Crippen molar-refractivity contribution < 1.29 is 18.9 Å². The van der Waals surface area contributed by atoms with E-state index in [1.807, 2.05) is 30.3 Å². The Morgan fingerprint density at radius 1 is 0.824 bits per heavy atom. The fourth-order valence-corrected chi connectivity index (χ4v) is 2.56. The summed E-state index contributed by atoms with van der Waals surface area (Å²) < 4.78 is 22.8. The number of fused-ring (bicyclic) bond motifs is 3. The Morgan fingerprint density at radius 3 is 2.47 bits per heavy atom. The van der Waals surface area contributed by atoms with Crippen molar-refractivity contribution in [1.29, 1.82) is 0 Å². The number of hydrogen-bond donors (Lipinski definition) is 0. The monoisotopic (exact) mass is 234 g/mol. The third-order valence-corrected chi connectivity index (χ3v) is 3.55. The molecular weight excluding hydrogens is 220 g/mol. The summed E-state index contributed by atoms with van der Waals surface area (Å²) in [6, 6.07) is 9.99. The Kier molecular flexibility index (Phi) is 2.23. The fraction of sp³-hybridized carbons (Fsp3) is 0.538. The summed E-state index contributed by atoms with van der Waals surface area (Å²) in [6.45, 7) is 1.26. The van der Waals surface area contributed by atoms with E-state index in [-0.39, 0.29) is 30.7 Å². The maximum absolute atomic E-state index is 5.96. The molecule has 0 aliphatic carbocycles. The predicted octanol–water partition coefficient (Wildman–Crippen LogP) is 1.27. The van der Waals surface area contributed by atoms with Crippen molar-refractivity contribution in [3.8, 4) is 0 Å². The predicted molar refractivity (Wildman–Crippen MR) is 58.4 cm³/mol. The molecule has 0 bridgehead atoms. The highest BCUT2D eigenvalue weighted by Crippen LogP contribution is 2.40. The molecule has 3 aliphatic heterocycles. The van der Waals surface area contributed by atoms with Gasteiger partial charge in [-0.25, -0.2) is 0 Å². The highest BCUT2D eigenvalue weighted by atomic mass is 16.7. The van der Waals surface area contributed by atoms with Crippen LogP contribution in [-0.4, -0.2) is 37.6 Å². The van der Waals surface area contributed by atoms with Crippen molar-refractivity contribution >= 4 is 0 Å². The zero-order valence-corrected chi connectivity index (χ0v) is 9.32. The smallest absolute Gasteiger partial charge is 0.184 e. The Labute approximate surface area is 99.4 Å². The quantitative estimate of drug-likeness (QED) is 0.686. The first-order valence-electron chi connectivity index (χ1n) is 6.01. The van der Waals surface area contributed by atoms with Gasteiger partial charge in [0.25, 0.3) is 0 Å². The van der Waals surface area contributed by atoms with Crippen LogP contribution in [0.3, 0.4) is 0 Å². The molecule has 17 heavy (non-hydrogen) atoms. The summed E-state index contributed by atoms with van der Waals surface area (Å²) in [7, 11) is 0. The largest absolute Gasteiger partial charge is 0.370 e. The van der Waals surface area contributed by atoms with Gasteiger partial charge in [-0.15, -0.1) is 0 Å². The van der Waals surface area contributed by atoms with Crippen LogP contribution in [0.2, 0.25) is 0 Å². The van der Waals surface area contributed by atoms with Crippen LogP contribution in [0.4, 0.5) is 0 Å². The van der Waals surface area contributed by atoms with Gasteiger partial charge in [-0.1, -0.05) is 30.3 Å². The molecule has 3 saturated heterocycles. The highest BCUT2D eigenvalue weighted by Gasteiger charge is 2.55. The van der Waals surface area contributed by atoms with Gasteiger partial charge in [-0.05, 0) is 0 Å². The Balaban J connectivity index is 1.53. The maximum atomic E-state index is 5.96. The molecule has 3 heterocycles. The minimum absolute atomic E-state index is 0.0210. The third kappa shape index (κ3) is 1.68. The molecule has 0 saturated carbocycles. The van der Waals surface area contributed by atoms with Gasteiger partial charge in [-0.3, -0.25) is 0 Å². The molecule has 3 aliphatic rings. The van der Waals surface area contributed by atoms with Gasteiger partial charge < -0.3 is 18.9 Å². The molecule has 0 spiro atoms. The topological polar surface area (TPSA) is 40.2 Å². The molecule has 1 aromatic carbocycles. The minimum atomic E-state index is -0.288. The molecule has 0 aromatic heterocycles. The van der Waals surface area contributed by atoms with Crippen molar-refractivity contribution in [3.63, 3.8) is 0 Å². The first-order chi connectivity index (χ1) is 8.42. The molecule has 4 rings (SSSR count). The second-order valence-corrected chi connectivity index (χ2v) is 4.69. The second kappa shape index (κ2) is 3.78. The number of rotatable bonds is 1. The van der Waals surface area contributed by atoms with Crippen molar-refractivity contribution in [2.75, 3.05) is 13.2 Å². The van der Waals surface area contributed by atoms with Gasteiger partial charge in [-0.2, -0.15) is 0 Å². The summed E-state index contributed by atoms with van der Waals surface area (Å²) in [5, 5.41) is 0. The third-order valence-electron chi connectivity index (χ3n) is 3.55. The summed E-state index contributed by atoms with van der Waals surface area (Å²) >= 11 is 0. The molecular formula is C13H14O4. The lowest BCUT2D eigenvalue weighted by Gasteiger charge is -2.37. The van der Waals surface area contributed by atoms with Crippen molar-refractivity contribution in [3.05, 3.63) is 35.9 Å². The molecule has 3 unspecified atom stereocenters. The van der Waals surface area contributed by atoms with Gasteiger partial charge in [0.05, 0.1) is 13.2 Å². The molecule has 4 nitrogen and oxygen atoms in total. The summed E-state index contributed by atoms with van der Waals surface area (Å²) in [4.78, 5) is 0. The van der Waals surface area contributed by atoms with Crippen molar-refractivity contribution in [2.45, 2.75) is 30.7 Å². The zero-order valence-electron chi connectivity index (χ0n) is 9.32.